The van der Waals surface area contributed by atoms with Gasteiger partial charge in [-0.05, 0) is 91.3 Å². The Balaban J connectivity index is 1.55. The largest absolute Gasteiger partial charge is 0.490 e. The summed E-state index contributed by atoms with van der Waals surface area (Å²) in [5, 5.41) is 2.79. The summed E-state index contributed by atoms with van der Waals surface area (Å²) in [6, 6.07) is 18.5. The average molecular weight is 510 g/mol. The van der Waals surface area contributed by atoms with Gasteiger partial charge in [0, 0.05) is 22.4 Å². The fourth-order valence-corrected chi connectivity index (χ4v) is 3.42. The van der Waals surface area contributed by atoms with Crippen molar-refractivity contribution in [1.29, 1.82) is 0 Å². The number of anilines is 1. The molecule has 0 radical (unpaired) electrons. The van der Waals surface area contributed by atoms with Crippen molar-refractivity contribution in [2.75, 3.05) is 5.32 Å². The van der Waals surface area contributed by atoms with Crippen LogP contribution in [0.2, 0.25) is 0 Å². The number of carbonyl (C=O) groups excluding carboxylic acids is 3. The maximum absolute atomic E-state index is 12.4. The Labute approximate surface area is 200 Å². The van der Waals surface area contributed by atoms with E-state index < -0.39 is 11.8 Å². The molecular formula is C25H24BrN3O4. The van der Waals surface area contributed by atoms with Crippen molar-refractivity contribution in [2.45, 2.75) is 26.9 Å². The molecule has 3 aromatic carbocycles. The van der Waals surface area contributed by atoms with Crippen molar-refractivity contribution in [3.63, 3.8) is 0 Å². The molecule has 0 atom stereocenters. The van der Waals surface area contributed by atoms with E-state index in [1.165, 1.54) is 0 Å². The Kier molecular flexibility index (Phi) is 7.84. The highest BCUT2D eigenvalue weighted by molar-refractivity contribution is 9.10. The smallest absolute Gasteiger partial charge is 0.269 e. The van der Waals surface area contributed by atoms with Gasteiger partial charge in [-0.15, -0.1) is 0 Å². The van der Waals surface area contributed by atoms with E-state index in [4.69, 9.17) is 4.74 Å². The van der Waals surface area contributed by atoms with E-state index >= 15 is 0 Å². The predicted octanol–water partition coefficient (Wildman–Crippen LogP) is 4.87. The van der Waals surface area contributed by atoms with Gasteiger partial charge in [0.15, 0.2) is 0 Å². The molecule has 3 N–H and O–H groups in total. The number of rotatable bonds is 6. The van der Waals surface area contributed by atoms with Crippen LogP contribution in [-0.2, 0) is 0 Å². The van der Waals surface area contributed by atoms with E-state index in [0.717, 1.165) is 5.56 Å². The highest BCUT2D eigenvalue weighted by Crippen LogP contribution is 2.26. The number of hydrogen-bond donors (Lipinski definition) is 3. The molecule has 170 valence electrons. The fourth-order valence-electron chi connectivity index (χ4n) is 2.94. The Morgan fingerprint density at radius 1 is 0.788 bits per heavy atom. The van der Waals surface area contributed by atoms with Crippen molar-refractivity contribution in [3.8, 4) is 5.75 Å². The van der Waals surface area contributed by atoms with Gasteiger partial charge in [0.1, 0.15) is 5.75 Å². The topological polar surface area (TPSA) is 96.5 Å². The Morgan fingerprint density at radius 3 is 2.00 bits per heavy atom. The second-order valence-electron chi connectivity index (χ2n) is 7.62. The molecule has 0 heterocycles. The fraction of sp³-hybridized carbons (Fsp3) is 0.160. The van der Waals surface area contributed by atoms with Crippen molar-refractivity contribution < 1.29 is 19.1 Å². The molecule has 7 nitrogen and oxygen atoms in total. The zero-order valence-corrected chi connectivity index (χ0v) is 20.0. The first-order chi connectivity index (χ1) is 15.7. The van der Waals surface area contributed by atoms with Gasteiger partial charge < -0.3 is 10.1 Å². The third kappa shape index (κ3) is 6.66. The average Bonchev–Trinajstić information content (AvgIpc) is 2.78. The lowest BCUT2D eigenvalue weighted by Crippen LogP contribution is -2.41. The number of benzene rings is 3. The van der Waals surface area contributed by atoms with Gasteiger partial charge in [0.2, 0.25) is 0 Å². The van der Waals surface area contributed by atoms with Crippen LogP contribution in [0.15, 0.2) is 71.2 Å². The minimum atomic E-state index is -0.487. The van der Waals surface area contributed by atoms with Gasteiger partial charge in [-0.1, -0.05) is 17.7 Å². The Hall–Kier alpha value is -3.65. The lowest BCUT2D eigenvalue weighted by molar-refractivity contribution is 0.0846. The maximum Gasteiger partial charge on any atom is 0.269 e. The maximum atomic E-state index is 12.4. The van der Waals surface area contributed by atoms with Crippen molar-refractivity contribution in [3.05, 3.63) is 93.5 Å². The van der Waals surface area contributed by atoms with Crippen LogP contribution >= 0.6 is 15.9 Å². The van der Waals surface area contributed by atoms with Crippen LogP contribution in [-0.4, -0.2) is 23.8 Å². The zero-order chi connectivity index (χ0) is 24.0. The summed E-state index contributed by atoms with van der Waals surface area (Å²) in [6.45, 7) is 5.73. The van der Waals surface area contributed by atoms with Crippen molar-refractivity contribution >= 4 is 39.3 Å². The van der Waals surface area contributed by atoms with Crippen LogP contribution in [0.1, 0.15) is 50.5 Å². The molecule has 33 heavy (non-hydrogen) atoms. The van der Waals surface area contributed by atoms with Crippen molar-refractivity contribution in [2.24, 2.45) is 0 Å². The number of hydrogen-bond acceptors (Lipinski definition) is 4. The molecule has 3 amide bonds. The molecule has 0 saturated carbocycles. The molecule has 0 aliphatic carbocycles. The Bertz CT molecular complexity index is 1180. The molecule has 0 aromatic heterocycles. The number of ether oxygens (including phenoxy) is 1. The molecule has 0 saturated heterocycles. The summed E-state index contributed by atoms with van der Waals surface area (Å²) >= 11 is 3.38. The predicted molar refractivity (Wildman–Crippen MR) is 130 cm³/mol. The highest BCUT2D eigenvalue weighted by Gasteiger charge is 2.13. The van der Waals surface area contributed by atoms with E-state index in [1.54, 1.807) is 54.6 Å². The molecule has 0 bridgehead atoms. The van der Waals surface area contributed by atoms with E-state index in [0.29, 0.717) is 32.6 Å². The number of aryl methyl sites for hydroxylation is 1. The summed E-state index contributed by atoms with van der Waals surface area (Å²) in [5.74, 6) is -0.569. The number of carbonyl (C=O) groups is 3. The summed E-state index contributed by atoms with van der Waals surface area (Å²) in [5.41, 5.74) is 7.54. The second-order valence-corrected chi connectivity index (χ2v) is 8.48. The second kappa shape index (κ2) is 10.8. The molecule has 0 aliphatic heterocycles. The van der Waals surface area contributed by atoms with Gasteiger partial charge in [0.05, 0.1) is 10.6 Å². The van der Waals surface area contributed by atoms with E-state index in [1.807, 2.05) is 32.9 Å². The van der Waals surface area contributed by atoms with Crippen LogP contribution in [0.5, 0.6) is 5.75 Å². The minimum absolute atomic E-state index is 0.00232. The first kappa shape index (κ1) is 24.0. The summed E-state index contributed by atoms with van der Waals surface area (Å²) < 4.78 is 6.26. The van der Waals surface area contributed by atoms with Gasteiger partial charge in [-0.2, -0.15) is 0 Å². The molecule has 0 fully saturated rings. The highest BCUT2D eigenvalue weighted by atomic mass is 79.9. The molecule has 0 aliphatic rings. The van der Waals surface area contributed by atoms with Crippen LogP contribution in [0.25, 0.3) is 0 Å². The third-order valence-electron chi connectivity index (χ3n) is 4.53. The molecule has 0 spiro atoms. The molecule has 0 unspecified atom stereocenters. The lowest BCUT2D eigenvalue weighted by atomic mass is 10.1. The quantitative estimate of drug-likeness (QED) is 0.413. The van der Waals surface area contributed by atoms with E-state index in [9.17, 15) is 14.4 Å². The van der Waals surface area contributed by atoms with Crippen LogP contribution in [0.3, 0.4) is 0 Å². The monoisotopic (exact) mass is 509 g/mol. The first-order valence-corrected chi connectivity index (χ1v) is 11.1. The van der Waals surface area contributed by atoms with Gasteiger partial charge in [0.25, 0.3) is 17.7 Å². The van der Waals surface area contributed by atoms with Crippen molar-refractivity contribution in [1.82, 2.24) is 10.9 Å². The molecular weight excluding hydrogens is 486 g/mol. The van der Waals surface area contributed by atoms with Crippen LogP contribution in [0, 0.1) is 6.92 Å². The van der Waals surface area contributed by atoms with Gasteiger partial charge in [-0.3, -0.25) is 25.2 Å². The lowest BCUT2D eigenvalue weighted by Gasteiger charge is -2.13. The normalized spacial score (nSPS) is 10.5. The number of hydrazine groups is 1. The SMILES string of the molecule is Cc1cccc(C(=O)Nc2ccc(C(=O)NNC(=O)c3ccc(OC(C)C)c(Br)c3)cc2)c1. The molecule has 3 rings (SSSR count). The first-order valence-electron chi connectivity index (χ1n) is 10.3. The minimum Gasteiger partial charge on any atom is -0.490 e. The number of amides is 3. The van der Waals surface area contributed by atoms with Crippen LogP contribution in [0.4, 0.5) is 5.69 Å². The third-order valence-corrected chi connectivity index (χ3v) is 5.15. The summed E-state index contributed by atoms with van der Waals surface area (Å²) in [4.78, 5) is 37.1. The van der Waals surface area contributed by atoms with E-state index in [-0.39, 0.29) is 12.0 Å². The zero-order valence-electron chi connectivity index (χ0n) is 18.4. The summed E-state index contributed by atoms with van der Waals surface area (Å²) in [6.07, 6.45) is 0.00232. The Morgan fingerprint density at radius 2 is 1.39 bits per heavy atom. The summed E-state index contributed by atoms with van der Waals surface area (Å²) in [7, 11) is 0. The van der Waals surface area contributed by atoms with E-state index in [2.05, 4.69) is 32.1 Å². The standard InChI is InChI=1S/C25H24BrN3O4/c1-15(2)33-22-12-9-19(14-21(22)26)25(32)29-28-24(31)17-7-10-20(11-8-17)27-23(30)18-6-4-5-16(3)13-18/h4-15H,1-3H3,(H,27,30)(H,28,31)(H,29,32). The van der Waals surface area contributed by atoms with Crippen LogP contribution < -0.4 is 20.9 Å². The molecule has 3 aromatic rings. The van der Waals surface area contributed by atoms with Gasteiger partial charge in [-0.25, -0.2) is 0 Å². The molecule has 8 heteroatoms. The van der Waals surface area contributed by atoms with Gasteiger partial charge >= 0.3 is 0 Å². The number of halogens is 1. The number of nitrogens with one attached hydrogen (secondary N) is 3.